The molecule has 0 bridgehead atoms. The van der Waals surface area contributed by atoms with E-state index in [9.17, 15) is 9.59 Å². The highest BCUT2D eigenvalue weighted by Crippen LogP contribution is 2.17. The Morgan fingerprint density at radius 2 is 1.82 bits per heavy atom. The zero-order valence-corrected chi connectivity index (χ0v) is 14.4. The summed E-state index contributed by atoms with van der Waals surface area (Å²) in [7, 11) is 0. The molecule has 5 nitrogen and oxygen atoms in total. The van der Waals surface area contributed by atoms with E-state index in [1.807, 2.05) is 23.6 Å². The molecule has 22 heavy (non-hydrogen) atoms. The molecule has 0 spiro atoms. The van der Waals surface area contributed by atoms with E-state index in [1.54, 1.807) is 17.8 Å². The lowest BCUT2D eigenvalue weighted by molar-refractivity contribution is -0.132. The fraction of sp³-hybridized carbons (Fsp3) is 0.625. The standard InChI is InChI=1S/C16H24N2O3S/c1-4-22-10-5-15(19)17-6-8-18(9-7-17)16(20)14-11-12(2)21-13(14)3/h11H,4-10H2,1-3H3. The van der Waals surface area contributed by atoms with Crippen LogP contribution in [0.15, 0.2) is 10.5 Å². The van der Waals surface area contributed by atoms with Crippen LogP contribution in [0.4, 0.5) is 0 Å². The molecular formula is C16H24N2O3S. The van der Waals surface area contributed by atoms with E-state index in [4.69, 9.17) is 4.42 Å². The fourth-order valence-corrected chi connectivity index (χ4v) is 3.24. The van der Waals surface area contributed by atoms with Crippen molar-refractivity contribution in [3.8, 4) is 0 Å². The highest BCUT2D eigenvalue weighted by molar-refractivity contribution is 7.99. The SMILES string of the molecule is CCSCCC(=O)N1CCN(C(=O)c2cc(C)oc2C)CC1. The maximum absolute atomic E-state index is 12.5. The van der Waals surface area contributed by atoms with Crippen molar-refractivity contribution >= 4 is 23.6 Å². The summed E-state index contributed by atoms with van der Waals surface area (Å²) in [5.41, 5.74) is 0.636. The van der Waals surface area contributed by atoms with E-state index < -0.39 is 0 Å². The van der Waals surface area contributed by atoms with Gasteiger partial charge in [-0.2, -0.15) is 11.8 Å². The molecular weight excluding hydrogens is 300 g/mol. The average Bonchev–Trinajstić information content (AvgIpc) is 2.85. The first kappa shape index (κ1) is 16.9. The smallest absolute Gasteiger partial charge is 0.257 e. The van der Waals surface area contributed by atoms with Gasteiger partial charge in [0.15, 0.2) is 0 Å². The Labute approximate surface area is 136 Å². The van der Waals surface area contributed by atoms with Gasteiger partial charge in [-0.3, -0.25) is 9.59 Å². The molecule has 0 unspecified atom stereocenters. The van der Waals surface area contributed by atoms with E-state index in [1.165, 1.54) is 0 Å². The number of nitrogens with zero attached hydrogens (tertiary/aromatic N) is 2. The third-order valence-corrected chi connectivity index (χ3v) is 4.76. The predicted molar refractivity (Wildman–Crippen MR) is 88.3 cm³/mol. The summed E-state index contributed by atoms with van der Waals surface area (Å²) in [4.78, 5) is 28.2. The Bertz CT molecular complexity index is 533. The Morgan fingerprint density at radius 1 is 1.18 bits per heavy atom. The highest BCUT2D eigenvalue weighted by atomic mass is 32.2. The number of piperazine rings is 1. The number of carbonyl (C=O) groups excluding carboxylic acids is 2. The molecule has 2 heterocycles. The Morgan fingerprint density at radius 3 is 2.36 bits per heavy atom. The van der Waals surface area contributed by atoms with Crippen molar-refractivity contribution in [2.24, 2.45) is 0 Å². The normalized spacial score (nSPS) is 15.2. The number of carbonyl (C=O) groups is 2. The number of furan rings is 1. The molecule has 6 heteroatoms. The first-order valence-corrected chi connectivity index (χ1v) is 8.90. The molecule has 0 saturated carbocycles. The lowest BCUT2D eigenvalue weighted by Gasteiger charge is -2.34. The molecule has 0 aromatic carbocycles. The van der Waals surface area contributed by atoms with Gasteiger partial charge in [0.05, 0.1) is 5.56 Å². The van der Waals surface area contributed by atoms with Crippen LogP contribution in [0.3, 0.4) is 0 Å². The molecule has 1 aliphatic heterocycles. The van der Waals surface area contributed by atoms with Crippen molar-refractivity contribution in [3.63, 3.8) is 0 Å². The number of hydrogen-bond donors (Lipinski definition) is 0. The topological polar surface area (TPSA) is 53.8 Å². The molecule has 0 atom stereocenters. The van der Waals surface area contributed by atoms with Crippen LogP contribution in [0.2, 0.25) is 0 Å². The second kappa shape index (κ2) is 7.72. The van der Waals surface area contributed by atoms with Gasteiger partial charge in [-0.25, -0.2) is 0 Å². The van der Waals surface area contributed by atoms with Crippen molar-refractivity contribution in [2.75, 3.05) is 37.7 Å². The first-order chi connectivity index (χ1) is 10.5. The van der Waals surface area contributed by atoms with Crippen LogP contribution in [0.5, 0.6) is 0 Å². The van der Waals surface area contributed by atoms with Crippen LogP contribution in [0.1, 0.15) is 35.2 Å². The summed E-state index contributed by atoms with van der Waals surface area (Å²) in [5, 5.41) is 0. The molecule has 1 aromatic rings. The molecule has 0 radical (unpaired) electrons. The van der Waals surface area contributed by atoms with E-state index in [0.29, 0.717) is 43.9 Å². The molecule has 1 aromatic heterocycles. The molecule has 0 aliphatic carbocycles. The summed E-state index contributed by atoms with van der Waals surface area (Å²) in [5.74, 6) is 3.54. The maximum atomic E-state index is 12.5. The number of thioether (sulfide) groups is 1. The minimum absolute atomic E-state index is 0.00277. The van der Waals surface area contributed by atoms with Crippen LogP contribution >= 0.6 is 11.8 Å². The van der Waals surface area contributed by atoms with Crippen LogP contribution in [-0.2, 0) is 4.79 Å². The van der Waals surface area contributed by atoms with E-state index in [-0.39, 0.29) is 11.8 Å². The summed E-state index contributed by atoms with van der Waals surface area (Å²) in [6, 6.07) is 1.79. The van der Waals surface area contributed by atoms with Gasteiger partial charge < -0.3 is 14.2 Å². The largest absolute Gasteiger partial charge is 0.466 e. The van der Waals surface area contributed by atoms with Crippen molar-refractivity contribution in [1.82, 2.24) is 9.80 Å². The Kier molecular flexibility index (Phi) is 5.94. The lowest BCUT2D eigenvalue weighted by atomic mass is 10.2. The lowest BCUT2D eigenvalue weighted by Crippen LogP contribution is -2.50. The van der Waals surface area contributed by atoms with Gasteiger partial charge in [-0.15, -0.1) is 0 Å². The zero-order valence-electron chi connectivity index (χ0n) is 13.6. The van der Waals surface area contributed by atoms with E-state index in [0.717, 1.165) is 17.3 Å². The van der Waals surface area contributed by atoms with Gasteiger partial charge in [0, 0.05) is 38.4 Å². The third kappa shape index (κ3) is 4.06. The summed E-state index contributed by atoms with van der Waals surface area (Å²) in [6.45, 7) is 8.18. The quantitative estimate of drug-likeness (QED) is 0.780. The van der Waals surface area contributed by atoms with Crippen molar-refractivity contribution in [2.45, 2.75) is 27.2 Å². The first-order valence-electron chi connectivity index (χ1n) is 7.74. The third-order valence-electron chi connectivity index (χ3n) is 3.86. The molecule has 1 aliphatic rings. The monoisotopic (exact) mass is 324 g/mol. The zero-order chi connectivity index (χ0) is 16.1. The Hall–Kier alpha value is -1.43. The average molecular weight is 324 g/mol. The highest BCUT2D eigenvalue weighted by Gasteiger charge is 2.26. The van der Waals surface area contributed by atoms with Gasteiger partial charge in [-0.05, 0) is 25.7 Å². The molecule has 0 N–H and O–H groups in total. The van der Waals surface area contributed by atoms with Crippen molar-refractivity contribution < 1.29 is 14.0 Å². The van der Waals surface area contributed by atoms with Gasteiger partial charge >= 0.3 is 0 Å². The van der Waals surface area contributed by atoms with Crippen LogP contribution < -0.4 is 0 Å². The number of rotatable bonds is 5. The maximum Gasteiger partial charge on any atom is 0.257 e. The minimum Gasteiger partial charge on any atom is -0.466 e. The van der Waals surface area contributed by atoms with Gasteiger partial charge in [0.25, 0.3) is 5.91 Å². The van der Waals surface area contributed by atoms with E-state index >= 15 is 0 Å². The summed E-state index contributed by atoms with van der Waals surface area (Å²) in [6.07, 6.45) is 0.590. The predicted octanol–water partition coefficient (Wildman–Crippen LogP) is 2.32. The second-order valence-corrected chi connectivity index (χ2v) is 6.84. The summed E-state index contributed by atoms with van der Waals surface area (Å²) < 4.78 is 5.43. The molecule has 2 rings (SSSR count). The number of amides is 2. The molecule has 1 fully saturated rings. The minimum atomic E-state index is 0.00277. The van der Waals surface area contributed by atoms with Crippen LogP contribution in [0.25, 0.3) is 0 Å². The Balaban J connectivity index is 1.85. The van der Waals surface area contributed by atoms with Crippen molar-refractivity contribution in [3.05, 3.63) is 23.2 Å². The molecule has 2 amide bonds. The molecule has 1 saturated heterocycles. The molecule has 122 valence electrons. The van der Waals surface area contributed by atoms with Gasteiger partial charge in [0.2, 0.25) is 5.91 Å². The van der Waals surface area contributed by atoms with Gasteiger partial charge in [0.1, 0.15) is 11.5 Å². The summed E-state index contributed by atoms with van der Waals surface area (Å²) >= 11 is 1.78. The second-order valence-electron chi connectivity index (χ2n) is 5.45. The fourth-order valence-electron chi connectivity index (χ4n) is 2.63. The van der Waals surface area contributed by atoms with Gasteiger partial charge in [-0.1, -0.05) is 6.92 Å². The van der Waals surface area contributed by atoms with E-state index in [2.05, 4.69) is 6.92 Å². The number of aryl methyl sites for hydroxylation is 2. The van der Waals surface area contributed by atoms with Crippen molar-refractivity contribution in [1.29, 1.82) is 0 Å². The van der Waals surface area contributed by atoms with Crippen LogP contribution in [-0.4, -0.2) is 59.3 Å². The van der Waals surface area contributed by atoms with Crippen LogP contribution in [0, 0.1) is 13.8 Å². The number of hydrogen-bond acceptors (Lipinski definition) is 4.